The van der Waals surface area contributed by atoms with Crippen LogP contribution in [-0.4, -0.2) is 40.4 Å². The first-order valence-electron chi connectivity index (χ1n) is 11.1. The van der Waals surface area contributed by atoms with Crippen LogP contribution in [0.15, 0.2) is 54.7 Å². The lowest BCUT2D eigenvalue weighted by molar-refractivity contribution is 0.102. The maximum atomic E-state index is 14.9. The second-order valence-corrected chi connectivity index (χ2v) is 9.18. The normalized spacial score (nSPS) is 15.1. The lowest BCUT2D eigenvalue weighted by Crippen LogP contribution is -2.33. The molecule has 1 aliphatic rings. The molecule has 0 aliphatic carbocycles. The third kappa shape index (κ3) is 6.20. The minimum Gasteiger partial charge on any atom is -0.318 e. The van der Waals surface area contributed by atoms with Crippen molar-refractivity contribution in [3.05, 3.63) is 93.2 Å². The van der Waals surface area contributed by atoms with Crippen molar-refractivity contribution in [2.75, 3.05) is 25.0 Å². The quantitative estimate of drug-likeness (QED) is 0.400. The standard InChI is InChI=1S/C26H25Cl2FN4O/c1-17-15-22(29)25(32-26(34)20-8-11-30-23(28)16-20)24(31-17)19-9-13-33(14-10-19)12-2-3-18-4-6-21(27)7-5-18/h2-8,11,15-16,19H,9-10,12-14H2,1H3,(H,32,34)/b3-2+. The molecule has 0 unspecified atom stereocenters. The fraction of sp³-hybridized carbons (Fsp3) is 0.269. The maximum absolute atomic E-state index is 14.9. The Morgan fingerprint density at radius 1 is 1.18 bits per heavy atom. The highest BCUT2D eigenvalue weighted by molar-refractivity contribution is 6.30. The summed E-state index contributed by atoms with van der Waals surface area (Å²) in [5.41, 5.74) is 2.75. The highest BCUT2D eigenvalue weighted by Crippen LogP contribution is 2.34. The van der Waals surface area contributed by atoms with E-state index in [0.29, 0.717) is 17.0 Å². The Morgan fingerprint density at radius 3 is 2.62 bits per heavy atom. The summed E-state index contributed by atoms with van der Waals surface area (Å²) in [6.07, 6.45) is 7.32. The number of carbonyl (C=O) groups is 1. The van der Waals surface area contributed by atoms with Gasteiger partial charge in [0.05, 0.1) is 11.4 Å². The monoisotopic (exact) mass is 498 g/mol. The molecule has 0 radical (unpaired) electrons. The lowest BCUT2D eigenvalue weighted by atomic mass is 9.91. The van der Waals surface area contributed by atoms with Gasteiger partial charge >= 0.3 is 0 Å². The van der Waals surface area contributed by atoms with Crippen LogP contribution in [0.3, 0.4) is 0 Å². The molecule has 0 saturated carbocycles. The first-order valence-corrected chi connectivity index (χ1v) is 11.9. The average Bonchev–Trinajstić information content (AvgIpc) is 2.82. The SMILES string of the molecule is Cc1cc(F)c(NC(=O)c2ccnc(Cl)c2)c(C2CCN(C/C=C/c3ccc(Cl)cc3)CC2)n1. The number of hydrogen-bond acceptors (Lipinski definition) is 4. The van der Waals surface area contributed by atoms with Gasteiger partial charge < -0.3 is 5.32 Å². The zero-order chi connectivity index (χ0) is 24.1. The van der Waals surface area contributed by atoms with E-state index in [1.54, 1.807) is 6.92 Å². The van der Waals surface area contributed by atoms with E-state index in [2.05, 4.69) is 32.3 Å². The highest BCUT2D eigenvalue weighted by atomic mass is 35.5. The van der Waals surface area contributed by atoms with Crippen LogP contribution in [0.5, 0.6) is 0 Å². The molecule has 1 saturated heterocycles. The smallest absolute Gasteiger partial charge is 0.255 e. The lowest BCUT2D eigenvalue weighted by Gasteiger charge is -2.32. The average molecular weight is 499 g/mol. The van der Waals surface area contributed by atoms with Gasteiger partial charge in [0.15, 0.2) is 0 Å². The predicted octanol–water partition coefficient (Wildman–Crippen LogP) is 6.38. The number of rotatable bonds is 6. The number of nitrogens with zero attached hydrogens (tertiary/aromatic N) is 3. The molecular weight excluding hydrogens is 474 g/mol. The van der Waals surface area contributed by atoms with Crippen molar-refractivity contribution in [3.8, 4) is 0 Å². The number of likely N-dealkylation sites (tertiary alicyclic amines) is 1. The minimum absolute atomic E-state index is 0.0576. The summed E-state index contributed by atoms with van der Waals surface area (Å²) in [5.74, 6) is -0.869. The fourth-order valence-electron chi connectivity index (χ4n) is 4.11. The van der Waals surface area contributed by atoms with Crippen LogP contribution < -0.4 is 5.32 Å². The summed E-state index contributed by atoms with van der Waals surface area (Å²) >= 11 is 11.8. The zero-order valence-corrected chi connectivity index (χ0v) is 20.3. The molecule has 34 heavy (non-hydrogen) atoms. The number of benzene rings is 1. The first-order chi connectivity index (χ1) is 16.4. The van der Waals surface area contributed by atoms with E-state index in [0.717, 1.165) is 43.1 Å². The number of amides is 1. The molecule has 1 N–H and O–H groups in total. The molecule has 1 aliphatic heterocycles. The van der Waals surface area contributed by atoms with Crippen molar-refractivity contribution >= 4 is 40.9 Å². The van der Waals surface area contributed by atoms with Gasteiger partial charge in [0.1, 0.15) is 11.0 Å². The number of piperidine rings is 1. The summed E-state index contributed by atoms with van der Waals surface area (Å²) in [6, 6.07) is 12.1. The van der Waals surface area contributed by atoms with E-state index in [1.807, 2.05) is 24.3 Å². The number of carbonyl (C=O) groups excluding carboxylic acids is 1. The summed E-state index contributed by atoms with van der Waals surface area (Å²) < 4.78 is 14.9. The molecule has 0 bridgehead atoms. The first kappa shape index (κ1) is 24.3. The second kappa shape index (κ2) is 11.1. The van der Waals surface area contributed by atoms with Crippen LogP contribution in [0.2, 0.25) is 10.2 Å². The number of pyridine rings is 2. The third-order valence-corrected chi connectivity index (χ3v) is 6.33. The number of hydrogen-bond donors (Lipinski definition) is 1. The largest absolute Gasteiger partial charge is 0.318 e. The van der Waals surface area contributed by atoms with Gasteiger partial charge in [0.25, 0.3) is 5.91 Å². The molecule has 0 atom stereocenters. The number of nitrogens with one attached hydrogen (secondary N) is 1. The zero-order valence-electron chi connectivity index (χ0n) is 18.8. The van der Waals surface area contributed by atoms with Gasteiger partial charge in [-0.2, -0.15) is 0 Å². The number of anilines is 1. The topological polar surface area (TPSA) is 58.1 Å². The molecule has 1 aromatic carbocycles. The van der Waals surface area contributed by atoms with Crippen molar-refractivity contribution in [1.82, 2.24) is 14.9 Å². The summed E-state index contributed by atoms with van der Waals surface area (Å²) in [7, 11) is 0. The molecule has 0 spiro atoms. The fourth-order valence-corrected chi connectivity index (χ4v) is 4.41. The predicted molar refractivity (Wildman–Crippen MR) is 135 cm³/mol. The Bertz CT molecular complexity index is 1190. The van der Waals surface area contributed by atoms with Crippen molar-refractivity contribution in [3.63, 3.8) is 0 Å². The van der Waals surface area contributed by atoms with E-state index in [4.69, 9.17) is 23.2 Å². The van der Waals surface area contributed by atoms with Gasteiger partial charge in [-0.05, 0) is 68.8 Å². The van der Waals surface area contributed by atoms with Gasteiger partial charge in [-0.15, -0.1) is 0 Å². The maximum Gasteiger partial charge on any atom is 0.255 e. The summed E-state index contributed by atoms with van der Waals surface area (Å²) in [4.78, 5) is 23.6. The number of aryl methyl sites for hydroxylation is 1. The molecule has 4 rings (SSSR count). The Hall–Kier alpha value is -2.80. The van der Waals surface area contributed by atoms with Gasteiger partial charge in [-0.1, -0.05) is 47.5 Å². The molecule has 3 aromatic rings. The Labute approximate surface area is 208 Å². The van der Waals surface area contributed by atoms with E-state index in [9.17, 15) is 9.18 Å². The van der Waals surface area contributed by atoms with Crippen molar-refractivity contribution in [1.29, 1.82) is 0 Å². The van der Waals surface area contributed by atoms with Crippen LogP contribution in [0, 0.1) is 12.7 Å². The highest BCUT2D eigenvalue weighted by Gasteiger charge is 2.26. The van der Waals surface area contributed by atoms with E-state index in [-0.39, 0.29) is 16.8 Å². The molecule has 1 fully saturated rings. The summed E-state index contributed by atoms with van der Waals surface area (Å²) in [5, 5.41) is 3.64. The Kier molecular flexibility index (Phi) is 7.93. The van der Waals surface area contributed by atoms with Crippen LogP contribution in [0.1, 0.15) is 46.1 Å². The minimum atomic E-state index is -0.482. The van der Waals surface area contributed by atoms with Gasteiger partial charge in [0, 0.05) is 34.9 Å². The molecule has 5 nitrogen and oxygen atoms in total. The van der Waals surface area contributed by atoms with Gasteiger partial charge in [0.2, 0.25) is 0 Å². The molecule has 176 valence electrons. The second-order valence-electron chi connectivity index (χ2n) is 8.36. The van der Waals surface area contributed by atoms with Crippen molar-refractivity contribution < 1.29 is 9.18 Å². The number of aromatic nitrogens is 2. The van der Waals surface area contributed by atoms with Crippen molar-refractivity contribution in [2.24, 2.45) is 0 Å². The molecule has 1 amide bonds. The van der Waals surface area contributed by atoms with Crippen LogP contribution in [0.4, 0.5) is 10.1 Å². The van der Waals surface area contributed by atoms with Gasteiger partial charge in [-0.25, -0.2) is 9.37 Å². The van der Waals surface area contributed by atoms with Crippen LogP contribution >= 0.6 is 23.2 Å². The molecule has 3 heterocycles. The Balaban J connectivity index is 1.42. The van der Waals surface area contributed by atoms with E-state index >= 15 is 0 Å². The van der Waals surface area contributed by atoms with E-state index < -0.39 is 11.7 Å². The van der Waals surface area contributed by atoms with Crippen LogP contribution in [0.25, 0.3) is 6.08 Å². The summed E-state index contributed by atoms with van der Waals surface area (Å²) in [6.45, 7) is 4.31. The Morgan fingerprint density at radius 2 is 1.91 bits per heavy atom. The van der Waals surface area contributed by atoms with Gasteiger partial charge in [-0.3, -0.25) is 14.7 Å². The van der Waals surface area contributed by atoms with Crippen LogP contribution in [-0.2, 0) is 0 Å². The third-order valence-electron chi connectivity index (χ3n) is 5.87. The molecular formula is C26H25Cl2FN4O. The van der Waals surface area contributed by atoms with Crippen molar-refractivity contribution in [2.45, 2.75) is 25.7 Å². The van der Waals surface area contributed by atoms with E-state index in [1.165, 1.54) is 24.4 Å². The molecule has 8 heteroatoms. The number of halogens is 3. The molecule has 2 aromatic heterocycles.